The van der Waals surface area contributed by atoms with Crippen molar-refractivity contribution in [2.24, 2.45) is 5.92 Å². The SMILES string of the molecule is Ic1ccc2nccc(OCC3CCCCC3)c2c1. The molecule has 2 nitrogen and oxygen atoms in total. The fraction of sp³-hybridized carbons (Fsp3) is 0.438. The maximum Gasteiger partial charge on any atom is 0.130 e. The van der Waals surface area contributed by atoms with Crippen LogP contribution >= 0.6 is 22.6 Å². The molecule has 0 unspecified atom stereocenters. The maximum absolute atomic E-state index is 6.07. The van der Waals surface area contributed by atoms with E-state index in [0.29, 0.717) is 0 Å². The Balaban J connectivity index is 1.78. The quantitative estimate of drug-likeness (QED) is 0.728. The first-order valence-corrected chi connectivity index (χ1v) is 8.08. The van der Waals surface area contributed by atoms with E-state index in [0.717, 1.165) is 29.2 Å². The lowest BCUT2D eigenvalue weighted by Crippen LogP contribution is -2.15. The first-order valence-electron chi connectivity index (χ1n) is 7.00. The van der Waals surface area contributed by atoms with Gasteiger partial charge in [-0.2, -0.15) is 0 Å². The van der Waals surface area contributed by atoms with Crippen LogP contribution in [0.3, 0.4) is 0 Å². The number of pyridine rings is 1. The van der Waals surface area contributed by atoms with Gasteiger partial charge in [0.25, 0.3) is 0 Å². The Morgan fingerprint density at radius 3 is 2.84 bits per heavy atom. The van der Waals surface area contributed by atoms with Crippen LogP contribution in [0.5, 0.6) is 5.75 Å². The summed E-state index contributed by atoms with van der Waals surface area (Å²) in [7, 11) is 0. The van der Waals surface area contributed by atoms with Crippen LogP contribution in [0.4, 0.5) is 0 Å². The van der Waals surface area contributed by atoms with E-state index >= 15 is 0 Å². The molecule has 100 valence electrons. The van der Waals surface area contributed by atoms with E-state index < -0.39 is 0 Å². The van der Waals surface area contributed by atoms with E-state index in [1.54, 1.807) is 0 Å². The van der Waals surface area contributed by atoms with Gasteiger partial charge >= 0.3 is 0 Å². The number of hydrogen-bond donors (Lipinski definition) is 0. The topological polar surface area (TPSA) is 22.1 Å². The molecule has 1 saturated carbocycles. The Kier molecular flexibility index (Phi) is 4.21. The third kappa shape index (κ3) is 3.19. The minimum absolute atomic E-state index is 0.736. The van der Waals surface area contributed by atoms with Crippen molar-refractivity contribution in [2.75, 3.05) is 6.61 Å². The van der Waals surface area contributed by atoms with Gasteiger partial charge in [0.15, 0.2) is 0 Å². The van der Waals surface area contributed by atoms with Crippen molar-refractivity contribution in [1.29, 1.82) is 0 Å². The van der Waals surface area contributed by atoms with Gasteiger partial charge in [0, 0.05) is 15.2 Å². The maximum atomic E-state index is 6.07. The van der Waals surface area contributed by atoms with E-state index in [-0.39, 0.29) is 0 Å². The second kappa shape index (κ2) is 6.07. The number of fused-ring (bicyclic) bond motifs is 1. The van der Waals surface area contributed by atoms with Crippen LogP contribution in [-0.4, -0.2) is 11.6 Å². The first kappa shape index (κ1) is 13.2. The number of benzene rings is 1. The van der Waals surface area contributed by atoms with Gasteiger partial charge in [0.1, 0.15) is 5.75 Å². The molecule has 0 N–H and O–H groups in total. The highest BCUT2D eigenvalue weighted by atomic mass is 127. The van der Waals surface area contributed by atoms with Gasteiger partial charge in [0.2, 0.25) is 0 Å². The molecule has 3 heteroatoms. The van der Waals surface area contributed by atoms with Gasteiger partial charge in [-0.25, -0.2) is 0 Å². The fourth-order valence-electron chi connectivity index (χ4n) is 2.78. The zero-order chi connectivity index (χ0) is 13.1. The summed E-state index contributed by atoms with van der Waals surface area (Å²) >= 11 is 2.33. The van der Waals surface area contributed by atoms with Crippen molar-refractivity contribution >= 4 is 33.5 Å². The predicted molar refractivity (Wildman–Crippen MR) is 86.5 cm³/mol. The zero-order valence-electron chi connectivity index (χ0n) is 10.9. The van der Waals surface area contributed by atoms with Gasteiger partial charge in [-0.3, -0.25) is 4.98 Å². The molecule has 0 atom stereocenters. The van der Waals surface area contributed by atoms with Crippen LogP contribution in [0, 0.1) is 9.49 Å². The van der Waals surface area contributed by atoms with Gasteiger partial charge in [0.05, 0.1) is 12.1 Å². The molecule has 1 aromatic heterocycles. The van der Waals surface area contributed by atoms with Crippen molar-refractivity contribution in [3.63, 3.8) is 0 Å². The Labute approximate surface area is 127 Å². The van der Waals surface area contributed by atoms with E-state index in [4.69, 9.17) is 4.74 Å². The van der Waals surface area contributed by atoms with Crippen LogP contribution in [-0.2, 0) is 0 Å². The number of nitrogens with zero attached hydrogens (tertiary/aromatic N) is 1. The lowest BCUT2D eigenvalue weighted by molar-refractivity contribution is 0.210. The van der Waals surface area contributed by atoms with Crippen molar-refractivity contribution in [3.8, 4) is 5.75 Å². The fourth-order valence-corrected chi connectivity index (χ4v) is 3.27. The summed E-state index contributed by atoms with van der Waals surface area (Å²) in [5.74, 6) is 1.72. The number of hydrogen-bond acceptors (Lipinski definition) is 2. The molecule has 0 amide bonds. The van der Waals surface area contributed by atoms with Crippen LogP contribution in [0.2, 0.25) is 0 Å². The molecule has 0 bridgehead atoms. The molecular formula is C16H18INO. The van der Waals surface area contributed by atoms with Gasteiger partial charge < -0.3 is 4.74 Å². The summed E-state index contributed by atoms with van der Waals surface area (Å²) < 4.78 is 7.29. The van der Waals surface area contributed by atoms with Crippen LogP contribution in [0.1, 0.15) is 32.1 Å². The molecule has 19 heavy (non-hydrogen) atoms. The molecule has 2 aromatic rings. The van der Waals surface area contributed by atoms with E-state index in [1.807, 2.05) is 12.3 Å². The van der Waals surface area contributed by atoms with E-state index in [2.05, 4.69) is 45.8 Å². The number of rotatable bonds is 3. The van der Waals surface area contributed by atoms with Crippen LogP contribution in [0.15, 0.2) is 30.5 Å². The number of halogens is 1. The Bertz CT molecular complexity index is 564. The molecule has 1 heterocycles. The highest BCUT2D eigenvalue weighted by Gasteiger charge is 2.14. The summed E-state index contributed by atoms with van der Waals surface area (Å²) in [6.07, 6.45) is 8.60. The van der Waals surface area contributed by atoms with Crippen molar-refractivity contribution in [3.05, 3.63) is 34.0 Å². The highest BCUT2D eigenvalue weighted by Crippen LogP contribution is 2.28. The molecule has 1 aliphatic rings. The first-order chi connectivity index (χ1) is 9.33. The second-order valence-electron chi connectivity index (χ2n) is 5.29. The molecule has 3 rings (SSSR count). The largest absolute Gasteiger partial charge is 0.493 e. The average Bonchev–Trinajstić information content (AvgIpc) is 2.46. The lowest BCUT2D eigenvalue weighted by Gasteiger charge is -2.22. The van der Waals surface area contributed by atoms with Crippen LogP contribution < -0.4 is 4.74 Å². The molecule has 0 spiro atoms. The summed E-state index contributed by atoms with van der Waals surface area (Å²) in [4.78, 5) is 4.39. The summed E-state index contributed by atoms with van der Waals surface area (Å²) in [5, 5.41) is 1.13. The van der Waals surface area contributed by atoms with Gasteiger partial charge in [-0.15, -0.1) is 0 Å². The van der Waals surface area contributed by atoms with Crippen molar-refractivity contribution < 1.29 is 4.74 Å². The molecule has 1 aliphatic carbocycles. The molecule has 1 fully saturated rings. The Morgan fingerprint density at radius 1 is 1.16 bits per heavy atom. The summed E-state index contributed by atoms with van der Waals surface area (Å²) in [6.45, 7) is 0.852. The molecule has 1 aromatic carbocycles. The minimum atomic E-state index is 0.736. The standard InChI is InChI=1S/C16H18INO/c17-13-6-7-15-14(10-13)16(8-9-18-15)19-11-12-4-2-1-3-5-12/h6-10,12H,1-5,11H2. The number of aromatic nitrogens is 1. The van der Waals surface area contributed by atoms with E-state index in [9.17, 15) is 0 Å². The van der Waals surface area contributed by atoms with Crippen LogP contribution in [0.25, 0.3) is 10.9 Å². The Morgan fingerprint density at radius 2 is 2.00 bits per heavy atom. The summed E-state index contributed by atoms with van der Waals surface area (Å²) in [6, 6.07) is 8.28. The molecular weight excluding hydrogens is 349 g/mol. The monoisotopic (exact) mass is 367 g/mol. The second-order valence-corrected chi connectivity index (χ2v) is 6.53. The third-order valence-electron chi connectivity index (χ3n) is 3.86. The van der Waals surface area contributed by atoms with Gasteiger partial charge in [-0.1, -0.05) is 19.3 Å². The normalized spacial score (nSPS) is 16.7. The summed E-state index contributed by atoms with van der Waals surface area (Å²) in [5.41, 5.74) is 1.02. The molecule has 0 aliphatic heterocycles. The van der Waals surface area contributed by atoms with Gasteiger partial charge in [-0.05, 0) is 65.6 Å². The molecule has 0 radical (unpaired) electrons. The lowest BCUT2D eigenvalue weighted by atomic mass is 9.90. The third-order valence-corrected chi connectivity index (χ3v) is 4.53. The average molecular weight is 367 g/mol. The van der Waals surface area contributed by atoms with E-state index in [1.165, 1.54) is 35.7 Å². The smallest absolute Gasteiger partial charge is 0.130 e. The minimum Gasteiger partial charge on any atom is -0.493 e. The van der Waals surface area contributed by atoms with Crippen molar-refractivity contribution in [1.82, 2.24) is 4.98 Å². The number of ether oxygens (including phenoxy) is 1. The zero-order valence-corrected chi connectivity index (χ0v) is 13.1. The van der Waals surface area contributed by atoms with Crippen molar-refractivity contribution in [2.45, 2.75) is 32.1 Å². The predicted octanol–water partition coefficient (Wildman–Crippen LogP) is 4.80. The molecule has 0 saturated heterocycles. The Hall–Kier alpha value is -0.840. The highest BCUT2D eigenvalue weighted by molar-refractivity contribution is 14.1.